The number of aromatic nitrogens is 1. The minimum Gasteiger partial charge on any atom is -0.496 e. The summed E-state index contributed by atoms with van der Waals surface area (Å²) in [5.41, 5.74) is -1.13. The van der Waals surface area contributed by atoms with Crippen molar-refractivity contribution < 1.29 is 41.8 Å². The van der Waals surface area contributed by atoms with Crippen LogP contribution in [0.2, 0.25) is 0 Å². The van der Waals surface area contributed by atoms with Crippen LogP contribution in [0.5, 0.6) is 11.6 Å². The van der Waals surface area contributed by atoms with Gasteiger partial charge in [0.2, 0.25) is 27.7 Å². The second kappa shape index (κ2) is 15.2. The highest BCUT2D eigenvalue weighted by Gasteiger charge is 2.62. The Hall–Kier alpha value is -4.46. The van der Waals surface area contributed by atoms with E-state index in [1.54, 1.807) is 13.3 Å². The Labute approximate surface area is 322 Å². The minimum absolute atomic E-state index is 0.0311. The third kappa shape index (κ3) is 8.24. The lowest BCUT2D eigenvalue weighted by molar-refractivity contribution is -0.154. The Morgan fingerprint density at radius 2 is 1.87 bits per heavy atom. The van der Waals surface area contributed by atoms with Gasteiger partial charge in [-0.25, -0.2) is 13.4 Å². The van der Waals surface area contributed by atoms with Crippen molar-refractivity contribution in [1.29, 1.82) is 0 Å². The van der Waals surface area contributed by atoms with E-state index in [1.807, 2.05) is 44.2 Å². The zero-order chi connectivity index (χ0) is 39.1. The standard InChI is InChI=1S/C41H52N4O9S/c1-5-28-22-41(28,39(49)44-55(50,51)30-13-14-30)43-36(47)33-20-29-23-45(33)38(48)32(25-10-7-6-8-11-25)21-35(46)53-24-40(2,3)16-9-12-27-18-31-26(19-34(27)52-4)15-17-42-37(31)54-29/h5,9,12,15,17-19,25,28-30,32-33H,1,6-8,10-11,13-14,16,20-24H2,2-4H3,(H,43,47)(H,44,49)/b12-9+/t28-,29-,32+,33+,41-/m1/s1. The van der Waals surface area contributed by atoms with Crippen LogP contribution in [-0.2, 0) is 33.9 Å². The molecule has 1 aromatic carbocycles. The van der Waals surface area contributed by atoms with Crippen LogP contribution < -0.4 is 19.5 Å². The van der Waals surface area contributed by atoms with Crippen molar-refractivity contribution in [3.8, 4) is 11.6 Å². The third-order valence-corrected chi connectivity index (χ3v) is 13.8. The molecule has 55 heavy (non-hydrogen) atoms. The molecule has 3 aliphatic carbocycles. The smallest absolute Gasteiger partial charge is 0.306 e. The SMILES string of the molecule is C=C[C@@H]1C[C@]1(NC(=O)[C@@H]1C[C@@H]2CN1C(=O)[C@H](C1CCCCC1)CC(=O)OCC(C)(C)C/C=C/c1cc3c(nccc3cc1OC)O2)C(=O)NS(=O)(=O)C1CC1. The zero-order valence-electron chi connectivity index (χ0n) is 31.9. The van der Waals surface area contributed by atoms with Gasteiger partial charge in [0.15, 0.2) is 0 Å². The monoisotopic (exact) mass is 776 g/mol. The van der Waals surface area contributed by atoms with Crippen LogP contribution in [0.4, 0.5) is 0 Å². The second-order valence-corrected chi connectivity index (χ2v) is 18.7. The normalized spacial score (nSPS) is 29.3. The van der Waals surface area contributed by atoms with E-state index in [1.165, 1.54) is 11.0 Å². The number of hydrogen-bond donors (Lipinski definition) is 2. The number of carbonyl (C=O) groups excluding carboxylic acids is 4. The maximum Gasteiger partial charge on any atom is 0.306 e. The number of rotatable bonds is 8. The van der Waals surface area contributed by atoms with E-state index in [0.717, 1.165) is 48.4 Å². The van der Waals surface area contributed by atoms with E-state index >= 15 is 0 Å². The number of nitrogens with one attached hydrogen (secondary N) is 2. The lowest BCUT2D eigenvalue weighted by atomic mass is 9.77. The highest BCUT2D eigenvalue weighted by atomic mass is 32.2. The summed E-state index contributed by atoms with van der Waals surface area (Å²) in [5.74, 6) is -2.56. The molecule has 0 spiro atoms. The molecule has 5 aliphatic rings. The van der Waals surface area contributed by atoms with Crippen molar-refractivity contribution in [2.75, 3.05) is 20.3 Å². The van der Waals surface area contributed by atoms with Gasteiger partial charge in [-0.05, 0) is 68.0 Å². The number of hydrogen-bond acceptors (Lipinski definition) is 10. The molecule has 2 N–H and O–H groups in total. The van der Waals surface area contributed by atoms with E-state index in [4.69, 9.17) is 14.2 Å². The van der Waals surface area contributed by atoms with Crippen LogP contribution in [0.15, 0.2) is 43.1 Å². The first kappa shape index (κ1) is 38.8. The lowest BCUT2D eigenvalue weighted by Crippen LogP contribution is -2.57. The Balaban J connectivity index is 1.25. The van der Waals surface area contributed by atoms with Crippen LogP contribution in [0.3, 0.4) is 0 Å². The van der Waals surface area contributed by atoms with E-state index in [-0.39, 0.29) is 44.2 Å². The number of allylic oxidation sites excluding steroid dienone is 1. The molecule has 5 atom stereocenters. The topological polar surface area (TPSA) is 170 Å². The minimum atomic E-state index is -3.89. The highest BCUT2D eigenvalue weighted by Crippen LogP contribution is 2.46. The number of pyridine rings is 1. The molecule has 3 amide bonds. The number of cyclic esters (lactones) is 1. The summed E-state index contributed by atoms with van der Waals surface area (Å²) in [6.07, 6.45) is 12.6. The van der Waals surface area contributed by atoms with E-state index in [2.05, 4.69) is 21.6 Å². The largest absolute Gasteiger partial charge is 0.496 e. The summed E-state index contributed by atoms with van der Waals surface area (Å²) in [6, 6.07) is 4.62. The van der Waals surface area contributed by atoms with Gasteiger partial charge in [0.05, 0.1) is 37.9 Å². The van der Waals surface area contributed by atoms with Crippen molar-refractivity contribution >= 4 is 50.6 Å². The zero-order valence-corrected chi connectivity index (χ0v) is 32.7. The first-order valence-electron chi connectivity index (χ1n) is 19.5. The average molecular weight is 777 g/mol. The molecule has 3 saturated carbocycles. The fourth-order valence-electron chi connectivity index (χ4n) is 8.43. The summed E-state index contributed by atoms with van der Waals surface area (Å²) >= 11 is 0. The Morgan fingerprint density at radius 1 is 1.11 bits per heavy atom. The van der Waals surface area contributed by atoms with Crippen LogP contribution >= 0.6 is 0 Å². The summed E-state index contributed by atoms with van der Waals surface area (Å²) < 4.78 is 45.9. The average Bonchev–Trinajstić information content (AvgIpc) is 4.09. The number of ether oxygens (including phenoxy) is 3. The van der Waals surface area contributed by atoms with Gasteiger partial charge in [-0.3, -0.25) is 23.9 Å². The number of carbonyl (C=O) groups is 4. The summed E-state index contributed by atoms with van der Waals surface area (Å²) in [7, 11) is -2.28. The Morgan fingerprint density at radius 3 is 2.56 bits per heavy atom. The highest BCUT2D eigenvalue weighted by molar-refractivity contribution is 7.91. The predicted octanol–water partition coefficient (Wildman–Crippen LogP) is 4.83. The van der Waals surface area contributed by atoms with Crippen LogP contribution in [-0.4, -0.2) is 85.2 Å². The van der Waals surface area contributed by atoms with E-state index in [9.17, 15) is 27.6 Å². The lowest BCUT2D eigenvalue weighted by Gasteiger charge is -2.34. The molecule has 296 valence electrons. The maximum atomic E-state index is 14.9. The Kier molecular flexibility index (Phi) is 10.7. The predicted molar refractivity (Wildman–Crippen MR) is 205 cm³/mol. The number of amides is 3. The van der Waals surface area contributed by atoms with Gasteiger partial charge in [0.1, 0.15) is 23.4 Å². The van der Waals surface area contributed by atoms with Gasteiger partial charge in [0.25, 0.3) is 5.91 Å². The fourth-order valence-corrected chi connectivity index (χ4v) is 9.79. The molecule has 4 bridgehead atoms. The number of benzene rings is 1. The molecule has 14 heteroatoms. The molecule has 1 saturated heterocycles. The second-order valence-electron chi connectivity index (χ2n) is 16.7. The number of esters is 1. The summed E-state index contributed by atoms with van der Waals surface area (Å²) in [6.45, 7) is 8.02. The number of sulfonamides is 1. The Bertz CT molecular complexity index is 2000. The first-order chi connectivity index (χ1) is 26.2. The summed E-state index contributed by atoms with van der Waals surface area (Å²) in [4.78, 5) is 62.5. The van der Waals surface area contributed by atoms with Crippen molar-refractivity contribution in [2.24, 2.45) is 23.2 Å². The van der Waals surface area contributed by atoms with E-state index in [0.29, 0.717) is 30.9 Å². The fraction of sp³-hybridized carbons (Fsp3) is 0.585. The van der Waals surface area contributed by atoms with Gasteiger partial charge in [-0.15, -0.1) is 6.58 Å². The van der Waals surface area contributed by atoms with Gasteiger partial charge in [-0.1, -0.05) is 51.3 Å². The van der Waals surface area contributed by atoms with Gasteiger partial charge in [0, 0.05) is 34.9 Å². The summed E-state index contributed by atoms with van der Waals surface area (Å²) in [5, 5.41) is 3.78. The molecule has 4 fully saturated rings. The van der Waals surface area contributed by atoms with Gasteiger partial charge < -0.3 is 24.4 Å². The van der Waals surface area contributed by atoms with Crippen LogP contribution in [0.1, 0.15) is 90.0 Å². The van der Waals surface area contributed by atoms with E-state index < -0.39 is 68.0 Å². The molecule has 2 aliphatic heterocycles. The molecule has 0 radical (unpaired) electrons. The molecule has 0 unspecified atom stereocenters. The third-order valence-electron chi connectivity index (χ3n) is 12.0. The van der Waals surface area contributed by atoms with Crippen LogP contribution in [0.25, 0.3) is 16.8 Å². The first-order valence-corrected chi connectivity index (χ1v) is 21.0. The molecule has 1 aromatic heterocycles. The van der Waals surface area contributed by atoms with Crippen molar-refractivity contribution in [3.05, 3.63) is 48.7 Å². The molecule has 13 nitrogen and oxygen atoms in total. The number of methoxy groups -OCH3 is 1. The van der Waals surface area contributed by atoms with Crippen LogP contribution in [0, 0.1) is 23.2 Å². The van der Waals surface area contributed by atoms with Gasteiger partial charge in [-0.2, -0.15) is 0 Å². The molecule has 2 aromatic rings. The molecular weight excluding hydrogens is 725 g/mol. The quantitative estimate of drug-likeness (QED) is 0.280. The number of fused-ring (bicyclic) bond motifs is 3. The van der Waals surface area contributed by atoms with Crippen molar-refractivity contribution in [2.45, 2.75) is 107 Å². The van der Waals surface area contributed by atoms with Crippen molar-refractivity contribution in [3.63, 3.8) is 0 Å². The number of nitrogens with zero attached hydrogens (tertiary/aromatic N) is 2. The molecule has 3 heterocycles. The maximum absolute atomic E-state index is 14.9. The molecular formula is C41H52N4O9S. The van der Waals surface area contributed by atoms with Gasteiger partial charge >= 0.3 is 5.97 Å². The molecule has 7 rings (SSSR count). The van der Waals surface area contributed by atoms with Crippen molar-refractivity contribution in [1.82, 2.24) is 19.9 Å².